The van der Waals surface area contributed by atoms with E-state index in [2.05, 4.69) is 25.8 Å². The first-order chi connectivity index (χ1) is 14.2. The molecule has 0 spiro atoms. The number of nitrogens with zero attached hydrogens (tertiary/aromatic N) is 3. The van der Waals surface area contributed by atoms with Gasteiger partial charge in [0.15, 0.2) is 0 Å². The molecule has 2 heterocycles. The van der Waals surface area contributed by atoms with E-state index in [0.29, 0.717) is 31.0 Å². The number of hydrogen-bond acceptors (Lipinski definition) is 4. The molecule has 0 unspecified atom stereocenters. The minimum Gasteiger partial charge on any atom is -0.488 e. The summed E-state index contributed by atoms with van der Waals surface area (Å²) >= 11 is 3.48. The van der Waals surface area contributed by atoms with Gasteiger partial charge in [0.05, 0.1) is 5.56 Å². The highest BCUT2D eigenvalue weighted by molar-refractivity contribution is 9.10. The van der Waals surface area contributed by atoms with Crippen LogP contribution in [0.1, 0.15) is 15.9 Å². The van der Waals surface area contributed by atoms with Crippen molar-refractivity contribution in [1.29, 1.82) is 0 Å². The zero-order chi connectivity index (χ0) is 20.1. The van der Waals surface area contributed by atoms with Crippen molar-refractivity contribution in [1.82, 2.24) is 9.88 Å². The van der Waals surface area contributed by atoms with E-state index in [1.807, 2.05) is 65.6 Å². The van der Waals surface area contributed by atoms with Crippen molar-refractivity contribution in [2.75, 3.05) is 31.1 Å². The SMILES string of the molecule is O=C(c1ccccc1OCc1cccc(Br)c1)N1CCN(c2ccncc2)CC1. The van der Waals surface area contributed by atoms with Gasteiger partial charge in [-0.3, -0.25) is 9.78 Å². The van der Waals surface area contributed by atoms with Crippen molar-refractivity contribution in [3.8, 4) is 5.75 Å². The van der Waals surface area contributed by atoms with Gasteiger partial charge in [0.2, 0.25) is 0 Å². The van der Waals surface area contributed by atoms with E-state index in [-0.39, 0.29) is 5.91 Å². The van der Waals surface area contributed by atoms with Gasteiger partial charge in [0.25, 0.3) is 5.91 Å². The quantitative estimate of drug-likeness (QED) is 0.577. The van der Waals surface area contributed by atoms with Gasteiger partial charge < -0.3 is 14.5 Å². The van der Waals surface area contributed by atoms with Crippen LogP contribution in [-0.2, 0) is 6.61 Å². The molecule has 6 heteroatoms. The third-order valence-corrected chi connectivity index (χ3v) is 5.49. The van der Waals surface area contributed by atoms with E-state index >= 15 is 0 Å². The lowest BCUT2D eigenvalue weighted by molar-refractivity contribution is 0.0742. The van der Waals surface area contributed by atoms with Crippen LogP contribution in [0.25, 0.3) is 0 Å². The minimum absolute atomic E-state index is 0.0178. The average Bonchev–Trinajstić information content (AvgIpc) is 2.78. The monoisotopic (exact) mass is 451 g/mol. The van der Waals surface area contributed by atoms with Crippen molar-refractivity contribution in [2.45, 2.75) is 6.61 Å². The van der Waals surface area contributed by atoms with Crippen LogP contribution >= 0.6 is 15.9 Å². The summed E-state index contributed by atoms with van der Waals surface area (Å²) in [5, 5.41) is 0. The summed E-state index contributed by atoms with van der Waals surface area (Å²) in [6.45, 7) is 3.38. The van der Waals surface area contributed by atoms with E-state index in [1.165, 1.54) is 0 Å². The van der Waals surface area contributed by atoms with Gasteiger partial charge in [0.1, 0.15) is 12.4 Å². The molecule has 0 aliphatic carbocycles. The Labute approximate surface area is 179 Å². The summed E-state index contributed by atoms with van der Waals surface area (Å²) < 4.78 is 7.00. The number of piperazine rings is 1. The molecule has 1 aromatic heterocycles. The number of hydrogen-bond donors (Lipinski definition) is 0. The second kappa shape index (κ2) is 9.09. The molecule has 0 N–H and O–H groups in total. The maximum absolute atomic E-state index is 13.1. The van der Waals surface area contributed by atoms with Crippen LogP contribution in [0.4, 0.5) is 5.69 Å². The number of aromatic nitrogens is 1. The molecule has 3 aromatic rings. The molecular formula is C23H22BrN3O2. The molecule has 1 aliphatic rings. The molecule has 1 fully saturated rings. The van der Waals surface area contributed by atoms with Crippen LogP contribution in [0.5, 0.6) is 5.75 Å². The van der Waals surface area contributed by atoms with E-state index < -0.39 is 0 Å². The number of ether oxygens (including phenoxy) is 1. The fourth-order valence-corrected chi connectivity index (χ4v) is 3.90. The lowest BCUT2D eigenvalue weighted by atomic mass is 10.1. The zero-order valence-electron chi connectivity index (χ0n) is 16.0. The average molecular weight is 452 g/mol. The second-order valence-corrected chi connectivity index (χ2v) is 7.82. The molecule has 0 radical (unpaired) electrons. The van der Waals surface area contributed by atoms with Gasteiger partial charge in [-0.25, -0.2) is 0 Å². The number of halogens is 1. The van der Waals surface area contributed by atoms with Gasteiger partial charge in [-0.05, 0) is 42.0 Å². The summed E-state index contributed by atoms with van der Waals surface area (Å²) in [7, 11) is 0. The molecule has 148 valence electrons. The Kier molecular flexibility index (Phi) is 6.10. The lowest BCUT2D eigenvalue weighted by Gasteiger charge is -2.36. The highest BCUT2D eigenvalue weighted by Gasteiger charge is 2.24. The molecule has 4 rings (SSSR count). The zero-order valence-corrected chi connectivity index (χ0v) is 17.6. The molecule has 5 nitrogen and oxygen atoms in total. The minimum atomic E-state index is 0.0178. The lowest BCUT2D eigenvalue weighted by Crippen LogP contribution is -2.48. The predicted octanol–water partition coefficient (Wildman–Crippen LogP) is 4.39. The summed E-state index contributed by atoms with van der Waals surface area (Å²) in [4.78, 5) is 21.4. The smallest absolute Gasteiger partial charge is 0.257 e. The van der Waals surface area contributed by atoms with Gasteiger partial charge in [-0.1, -0.05) is 40.2 Å². The Hall–Kier alpha value is -2.86. The summed E-state index contributed by atoms with van der Waals surface area (Å²) in [5.41, 5.74) is 2.80. The van der Waals surface area contributed by atoms with Gasteiger partial charge in [0, 0.05) is 48.7 Å². The maximum atomic E-state index is 13.1. The highest BCUT2D eigenvalue weighted by atomic mass is 79.9. The van der Waals surface area contributed by atoms with Gasteiger partial charge >= 0.3 is 0 Å². The van der Waals surface area contributed by atoms with E-state index in [4.69, 9.17) is 4.74 Å². The van der Waals surface area contributed by atoms with Crippen LogP contribution in [0, 0.1) is 0 Å². The number of benzene rings is 2. The summed E-state index contributed by atoms with van der Waals surface area (Å²) in [5.74, 6) is 0.637. The predicted molar refractivity (Wildman–Crippen MR) is 117 cm³/mol. The van der Waals surface area contributed by atoms with Crippen molar-refractivity contribution < 1.29 is 9.53 Å². The molecule has 1 saturated heterocycles. The highest BCUT2D eigenvalue weighted by Crippen LogP contribution is 2.23. The Morgan fingerprint density at radius 1 is 0.966 bits per heavy atom. The number of carbonyl (C=O) groups excluding carboxylic acids is 1. The third-order valence-electron chi connectivity index (χ3n) is 5.00. The molecule has 0 atom stereocenters. The molecule has 1 aliphatic heterocycles. The largest absolute Gasteiger partial charge is 0.488 e. The van der Waals surface area contributed by atoms with Crippen molar-refractivity contribution in [2.24, 2.45) is 0 Å². The van der Waals surface area contributed by atoms with Crippen molar-refractivity contribution in [3.05, 3.63) is 88.7 Å². The molecule has 0 saturated carbocycles. The number of carbonyl (C=O) groups is 1. The number of para-hydroxylation sites is 1. The second-order valence-electron chi connectivity index (χ2n) is 6.90. The summed E-state index contributed by atoms with van der Waals surface area (Å²) in [6, 6.07) is 19.5. The molecule has 0 bridgehead atoms. The first-order valence-corrected chi connectivity index (χ1v) is 10.4. The number of pyridine rings is 1. The third kappa shape index (κ3) is 4.77. The van der Waals surface area contributed by atoms with E-state index in [1.54, 1.807) is 12.4 Å². The van der Waals surface area contributed by atoms with Crippen LogP contribution < -0.4 is 9.64 Å². The summed E-state index contributed by atoms with van der Waals surface area (Å²) in [6.07, 6.45) is 3.59. The number of amides is 1. The topological polar surface area (TPSA) is 45.7 Å². The normalized spacial score (nSPS) is 14.0. The van der Waals surface area contributed by atoms with Gasteiger partial charge in [-0.2, -0.15) is 0 Å². The Morgan fingerprint density at radius 3 is 2.48 bits per heavy atom. The molecular weight excluding hydrogens is 430 g/mol. The number of rotatable bonds is 5. The van der Waals surface area contributed by atoms with Crippen LogP contribution in [0.2, 0.25) is 0 Å². The maximum Gasteiger partial charge on any atom is 0.257 e. The first kappa shape index (κ1) is 19.5. The molecule has 29 heavy (non-hydrogen) atoms. The fourth-order valence-electron chi connectivity index (χ4n) is 3.45. The van der Waals surface area contributed by atoms with Crippen molar-refractivity contribution >= 4 is 27.5 Å². The van der Waals surface area contributed by atoms with E-state index in [9.17, 15) is 4.79 Å². The van der Waals surface area contributed by atoms with Crippen LogP contribution in [0.3, 0.4) is 0 Å². The number of anilines is 1. The van der Waals surface area contributed by atoms with Crippen LogP contribution in [0.15, 0.2) is 77.5 Å². The van der Waals surface area contributed by atoms with Gasteiger partial charge in [-0.15, -0.1) is 0 Å². The fraction of sp³-hybridized carbons (Fsp3) is 0.217. The van der Waals surface area contributed by atoms with E-state index in [0.717, 1.165) is 28.8 Å². The molecule has 1 amide bonds. The van der Waals surface area contributed by atoms with Crippen LogP contribution in [-0.4, -0.2) is 42.0 Å². The van der Waals surface area contributed by atoms with Crippen molar-refractivity contribution in [3.63, 3.8) is 0 Å². The standard InChI is InChI=1S/C23H22BrN3O2/c24-19-5-3-4-18(16-19)17-29-22-7-2-1-6-21(22)23(28)27-14-12-26(13-15-27)20-8-10-25-11-9-20/h1-11,16H,12-15,17H2. The first-order valence-electron chi connectivity index (χ1n) is 9.61. The Balaban J connectivity index is 1.41. The Morgan fingerprint density at radius 2 is 1.72 bits per heavy atom. The Bertz CT molecular complexity index is 973. The molecule has 2 aromatic carbocycles.